The highest BCUT2D eigenvalue weighted by molar-refractivity contribution is 5.40. The van der Waals surface area contributed by atoms with Gasteiger partial charge in [0.15, 0.2) is 0 Å². The van der Waals surface area contributed by atoms with E-state index in [1.165, 1.54) is 0 Å². The zero-order valence-electron chi connectivity index (χ0n) is 10.3. The Bertz CT molecular complexity index is 348. The fraction of sp³-hybridized carbons (Fsp3) is 0.538. The number of para-hydroxylation sites is 1. The van der Waals surface area contributed by atoms with E-state index >= 15 is 0 Å². The van der Waals surface area contributed by atoms with Gasteiger partial charge in [0, 0.05) is 12.1 Å². The summed E-state index contributed by atoms with van der Waals surface area (Å²) in [6, 6.07) is 5.89. The molecule has 0 aliphatic carbocycles. The predicted molar refractivity (Wildman–Crippen MR) is 65.5 cm³/mol. The van der Waals surface area contributed by atoms with Crippen LogP contribution in [0.1, 0.15) is 31.4 Å². The molecule has 0 aliphatic rings. The number of rotatable bonds is 5. The largest absolute Gasteiger partial charge is 0.490 e. The van der Waals surface area contributed by atoms with Gasteiger partial charge in [-0.3, -0.25) is 0 Å². The molecule has 0 saturated carbocycles. The normalized spacial score (nSPS) is 14.6. The molecular weight excluding hydrogens is 202 g/mol. The topological polar surface area (TPSA) is 55.5 Å². The molecule has 1 unspecified atom stereocenters. The SMILES string of the molecule is CCC(C)(O)COc1c(C)cccc1CN. The Morgan fingerprint density at radius 1 is 1.44 bits per heavy atom. The van der Waals surface area contributed by atoms with Crippen molar-refractivity contribution < 1.29 is 9.84 Å². The summed E-state index contributed by atoms with van der Waals surface area (Å²) in [4.78, 5) is 0. The van der Waals surface area contributed by atoms with Gasteiger partial charge >= 0.3 is 0 Å². The molecular formula is C13H21NO2. The van der Waals surface area contributed by atoms with Crippen molar-refractivity contribution in [2.75, 3.05) is 6.61 Å². The van der Waals surface area contributed by atoms with Crippen LogP contribution in [-0.4, -0.2) is 17.3 Å². The third kappa shape index (κ3) is 3.22. The molecule has 1 rings (SSSR count). The first-order valence-electron chi connectivity index (χ1n) is 5.64. The van der Waals surface area contributed by atoms with Gasteiger partial charge in [-0.1, -0.05) is 25.1 Å². The van der Waals surface area contributed by atoms with Crippen molar-refractivity contribution in [3.8, 4) is 5.75 Å². The Hall–Kier alpha value is -1.06. The van der Waals surface area contributed by atoms with Crippen molar-refractivity contribution >= 4 is 0 Å². The van der Waals surface area contributed by atoms with E-state index in [4.69, 9.17) is 10.5 Å². The maximum Gasteiger partial charge on any atom is 0.126 e. The lowest BCUT2D eigenvalue weighted by Gasteiger charge is -2.23. The van der Waals surface area contributed by atoms with Crippen LogP contribution >= 0.6 is 0 Å². The molecule has 0 aromatic heterocycles. The molecule has 0 saturated heterocycles. The minimum atomic E-state index is -0.784. The molecule has 0 aliphatic heterocycles. The highest BCUT2D eigenvalue weighted by Crippen LogP contribution is 2.24. The Morgan fingerprint density at radius 2 is 2.12 bits per heavy atom. The molecule has 3 N–H and O–H groups in total. The molecule has 1 atom stereocenters. The summed E-state index contributed by atoms with van der Waals surface area (Å²) in [6.45, 7) is 6.43. The average Bonchev–Trinajstić information content (AvgIpc) is 2.27. The van der Waals surface area contributed by atoms with Gasteiger partial charge in [0.25, 0.3) is 0 Å². The van der Waals surface area contributed by atoms with Crippen molar-refractivity contribution in [2.45, 2.75) is 39.3 Å². The maximum absolute atomic E-state index is 9.88. The number of hydrogen-bond acceptors (Lipinski definition) is 3. The van der Waals surface area contributed by atoms with E-state index < -0.39 is 5.60 Å². The van der Waals surface area contributed by atoms with Crippen molar-refractivity contribution in [3.05, 3.63) is 29.3 Å². The lowest BCUT2D eigenvalue weighted by atomic mass is 10.1. The molecule has 1 aromatic carbocycles. The predicted octanol–water partition coefficient (Wildman–Crippen LogP) is 1.99. The van der Waals surface area contributed by atoms with Crippen molar-refractivity contribution in [1.29, 1.82) is 0 Å². The van der Waals surface area contributed by atoms with Gasteiger partial charge in [-0.25, -0.2) is 0 Å². The van der Waals surface area contributed by atoms with Gasteiger partial charge in [0.05, 0.1) is 5.60 Å². The molecule has 16 heavy (non-hydrogen) atoms. The van der Waals surface area contributed by atoms with Gasteiger partial charge in [0.2, 0.25) is 0 Å². The summed E-state index contributed by atoms with van der Waals surface area (Å²) in [5, 5.41) is 9.88. The summed E-state index contributed by atoms with van der Waals surface area (Å²) in [6.07, 6.45) is 0.664. The van der Waals surface area contributed by atoms with Crippen LogP contribution in [0.5, 0.6) is 5.75 Å². The van der Waals surface area contributed by atoms with E-state index in [2.05, 4.69) is 0 Å². The van der Waals surface area contributed by atoms with Crippen molar-refractivity contribution in [2.24, 2.45) is 5.73 Å². The Balaban J connectivity index is 2.80. The van der Waals surface area contributed by atoms with Crippen LogP contribution in [0.2, 0.25) is 0 Å². The van der Waals surface area contributed by atoms with E-state index in [0.29, 0.717) is 19.6 Å². The quantitative estimate of drug-likeness (QED) is 0.802. The second-order valence-corrected chi connectivity index (χ2v) is 4.41. The molecule has 90 valence electrons. The first-order valence-corrected chi connectivity index (χ1v) is 5.64. The average molecular weight is 223 g/mol. The monoisotopic (exact) mass is 223 g/mol. The number of hydrogen-bond donors (Lipinski definition) is 2. The lowest BCUT2D eigenvalue weighted by molar-refractivity contribution is 0.00799. The van der Waals surface area contributed by atoms with E-state index in [-0.39, 0.29) is 0 Å². The molecule has 0 radical (unpaired) electrons. The first-order chi connectivity index (χ1) is 7.50. The van der Waals surface area contributed by atoms with Gasteiger partial charge in [0.1, 0.15) is 12.4 Å². The molecule has 0 fully saturated rings. The van der Waals surface area contributed by atoms with Crippen LogP contribution < -0.4 is 10.5 Å². The van der Waals surface area contributed by atoms with Crippen LogP contribution in [-0.2, 0) is 6.54 Å². The third-order valence-electron chi connectivity index (χ3n) is 2.80. The smallest absolute Gasteiger partial charge is 0.126 e. The zero-order valence-corrected chi connectivity index (χ0v) is 10.3. The number of nitrogens with two attached hydrogens (primary N) is 1. The van der Waals surface area contributed by atoms with E-state index in [0.717, 1.165) is 16.9 Å². The summed E-state index contributed by atoms with van der Waals surface area (Å²) >= 11 is 0. The number of aliphatic hydroxyl groups is 1. The van der Waals surface area contributed by atoms with Gasteiger partial charge < -0.3 is 15.6 Å². The summed E-state index contributed by atoms with van der Waals surface area (Å²) in [5.41, 5.74) is 6.89. The number of ether oxygens (including phenoxy) is 1. The molecule has 3 heteroatoms. The second kappa shape index (κ2) is 5.32. The van der Waals surface area contributed by atoms with Crippen molar-refractivity contribution in [3.63, 3.8) is 0 Å². The van der Waals surface area contributed by atoms with E-state index in [9.17, 15) is 5.11 Å². The highest BCUT2D eigenvalue weighted by atomic mass is 16.5. The summed E-state index contributed by atoms with van der Waals surface area (Å²) in [5.74, 6) is 0.804. The molecule has 0 spiro atoms. The molecule has 0 heterocycles. The number of benzene rings is 1. The lowest BCUT2D eigenvalue weighted by Crippen LogP contribution is -2.31. The standard InChI is InChI=1S/C13H21NO2/c1-4-13(3,15)9-16-12-10(2)6-5-7-11(12)8-14/h5-7,15H,4,8-9,14H2,1-3H3. The molecule has 0 amide bonds. The fourth-order valence-electron chi connectivity index (χ4n) is 1.41. The minimum Gasteiger partial charge on any atom is -0.490 e. The molecule has 1 aromatic rings. The summed E-state index contributed by atoms with van der Waals surface area (Å²) in [7, 11) is 0. The number of aryl methyl sites for hydroxylation is 1. The van der Waals surface area contributed by atoms with E-state index in [1.807, 2.05) is 32.0 Å². The first kappa shape index (κ1) is 13.0. The van der Waals surface area contributed by atoms with Crippen LogP contribution in [0.15, 0.2) is 18.2 Å². The van der Waals surface area contributed by atoms with Crippen LogP contribution in [0.4, 0.5) is 0 Å². The Kier molecular flexibility index (Phi) is 4.33. The van der Waals surface area contributed by atoms with Gasteiger partial charge in [-0.05, 0) is 25.8 Å². The minimum absolute atomic E-state index is 0.293. The Labute approximate surface area is 97.2 Å². The fourth-order valence-corrected chi connectivity index (χ4v) is 1.41. The zero-order chi connectivity index (χ0) is 12.2. The highest BCUT2D eigenvalue weighted by Gasteiger charge is 2.19. The second-order valence-electron chi connectivity index (χ2n) is 4.41. The Morgan fingerprint density at radius 3 is 2.69 bits per heavy atom. The summed E-state index contributed by atoms with van der Waals surface area (Å²) < 4.78 is 5.68. The maximum atomic E-state index is 9.88. The van der Waals surface area contributed by atoms with Crippen molar-refractivity contribution in [1.82, 2.24) is 0 Å². The van der Waals surface area contributed by atoms with Crippen LogP contribution in [0.3, 0.4) is 0 Å². The molecule has 3 nitrogen and oxygen atoms in total. The van der Waals surface area contributed by atoms with E-state index in [1.54, 1.807) is 6.92 Å². The van der Waals surface area contributed by atoms with Gasteiger partial charge in [-0.2, -0.15) is 0 Å². The van der Waals surface area contributed by atoms with Gasteiger partial charge in [-0.15, -0.1) is 0 Å². The molecule has 0 bridgehead atoms. The third-order valence-corrected chi connectivity index (χ3v) is 2.80. The van der Waals surface area contributed by atoms with Crippen LogP contribution in [0.25, 0.3) is 0 Å². The van der Waals surface area contributed by atoms with Crippen LogP contribution in [0, 0.1) is 6.92 Å².